The molecule has 4 rings (SSSR count). The van der Waals surface area contributed by atoms with Gasteiger partial charge in [-0.25, -0.2) is 4.98 Å². The lowest BCUT2D eigenvalue weighted by atomic mass is 10.1. The van der Waals surface area contributed by atoms with E-state index in [4.69, 9.17) is 4.18 Å². The van der Waals surface area contributed by atoms with Gasteiger partial charge in [0.2, 0.25) is 5.13 Å². The fraction of sp³-hybridized carbons (Fsp3) is 0.0435. The monoisotopic (exact) mass is 449 g/mol. The zero-order chi connectivity index (χ0) is 21.7. The number of anilines is 1. The number of hydrogen-bond donors (Lipinski definition) is 1. The molecule has 1 heterocycles. The van der Waals surface area contributed by atoms with Gasteiger partial charge in [-0.1, -0.05) is 48.5 Å². The van der Waals surface area contributed by atoms with Crippen LogP contribution >= 0.6 is 11.3 Å². The van der Waals surface area contributed by atoms with Crippen molar-refractivity contribution in [1.29, 1.82) is 0 Å². The molecule has 8 heteroatoms. The van der Waals surface area contributed by atoms with E-state index in [1.165, 1.54) is 23.5 Å². The quantitative estimate of drug-likeness (QED) is 0.234. The molecule has 0 unspecified atom stereocenters. The third kappa shape index (κ3) is 5.17. The van der Waals surface area contributed by atoms with Crippen LogP contribution in [0.2, 0.25) is 0 Å². The van der Waals surface area contributed by atoms with Crippen LogP contribution in [0.4, 0.5) is 5.13 Å². The van der Waals surface area contributed by atoms with Gasteiger partial charge in [0.1, 0.15) is 10.6 Å². The fourth-order valence-electron chi connectivity index (χ4n) is 2.84. The van der Waals surface area contributed by atoms with Gasteiger partial charge in [0.05, 0.1) is 11.9 Å². The Kier molecular flexibility index (Phi) is 6.11. The summed E-state index contributed by atoms with van der Waals surface area (Å²) >= 11 is 1.53. The highest BCUT2D eigenvalue weighted by atomic mass is 32.2. The van der Waals surface area contributed by atoms with Gasteiger partial charge >= 0.3 is 10.1 Å². The molecule has 3 aromatic carbocycles. The molecule has 0 aliphatic carbocycles. The zero-order valence-electron chi connectivity index (χ0n) is 16.6. The third-order valence-electron chi connectivity index (χ3n) is 4.34. The Morgan fingerprint density at radius 3 is 2.26 bits per heavy atom. The number of hydrazone groups is 1. The molecule has 0 atom stereocenters. The summed E-state index contributed by atoms with van der Waals surface area (Å²) in [4.78, 5) is 5.81. The van der Waals surface area contributed by atoms with Crippen molar-refractivity contribution in [1.82, 2.24) is 4.98 Å². The molecule has 0 amide bonds. The Labute approximate surface area is 185 Å². The van der Waals surface area contributed by atoms with Gasteiger partial charge in [-0.05, 0) is 48.9 Å². The first-order chi connectivity index (χ1) is 15.0. The lowest BCUT2D eigenvalue weighted by Gasteiger charge is -2.06. The molecule has 0 fully saturated rings. The second kappa shape index (κ2) is 9.11. The summed E-state index contributed by atoms with van der Waals surface area (Å²) in [5.74, 6) is 0.233. The van der Waals surface area contributed by atoms with Crippen molar-refractivity contribution in [3.8, 4) is 17.0 Å². The number of aromatic nitrogens is 1. The molecular formula is C23H19N3O3S2. The van der Waals surface area contributed by atoms with E-state index in [9.17, 15) is 8.42 Å². The fourth-order valence-corrected chi connectivity index (χ4v) is 4.58. The summed E-state index contributed by atoms with van der Waals surface area (Å²) in [5, 5.41) is 4.92. The van der Waals surface area contributed by atoms with E-state index >= 15 is 0 Å². The maximum atomic E-state index is 12.3. The van der Waals surface area contributed by atoms with Crippen LogP contribution in [0, 0.1) is 6.92 Å². The second-order valence-electron chi connectivity index (χ2n) is 6.58. The van der Waals surface area contributed by atoms with E-state index in [1.54, 1.807) is 48.7 Å². The minimum atomic E-state index is -3.86. The molecule has 31 heavy (non-hydrogen) atoms. The van der Waals surface area contributed by atoms with Gasteiger partial charge in [0.15, 0.2) is 0 Å². The Morgan fingerprint density at radius 2 is 1.58 bits per heavy atom. The first-order valence-electron chi connectivity index (χ1n) is 9.43. The van der Waals surface area contributed by atoms with Gasteiger partial charge in [-0.15, -0.1) is 11.3 Å². The molecule has 156 valence electrons. The van der Waals surface area contributed by atoms with Crippen molar-refractivity contribution in [3.63, 3.8) is 0 Å². The molecular weight excluding hydrogens is 430 g/mol. The standard InChI is InChI=1S/C23H19N3O3S2/c1-17-22(19-8-4-2-5-9-19)25-23(30-17)26-24-16-18-12-14-20(15-13-18)29-31(27,28)21-10-6-3-7-11-21/h2-16H,1H3,(H,25,26)/b24-16+. The molecule has 0 saturated heterocycles. The average molecular weight is 450 g/mol. The van der Waals surface area contributed by atoms with Crippen LogP contribution in [0.3, 0.4) is 0 Å². The van der Waals surface area contributed by atoms with Gasteiger partial charge in [0.25, 0.3) is 0 Å². The Balaban J connectivity index is 1.40. The molecule has 0 saturated carbocycles. The highest BCUT2D eigenvalue weighted by molar-refractivity contribution is 7.87. The van der Waals surface area contributed by atoms with Gasteiger partial charge in [-0.3, -0.25) is 5.43 Å². The maximum absolute atomic E-state index is 12.3. The first-order valence-corrected chi connectivity index (χ1v) is 11.7. The third-order valence-corrected chi connectivity index (χ3v) is 6.47. The molecule has 1 aromatic heterocycles. The lowest BCUT2D eigenvalue weighted by molar-refractivity contribution is 0.486. The number of nitrogens with zero attached hydrogens (tertiary/aromatic N) is 2. The van der Waals surface area contributed by atoms with Crippen LogP contribution in [0.5, 0.6) is 5.75 Å². The Bertz CT molecular complexity index is 1290. The zero-order valence-corrected chi connectivity index (χ0v) is 18.2. The Hall–Kier alpha value is -3.49. The van der Waals surface area contributed by atoms with Crippen LogP contribution in [0.25, 0.3) is 11.3 Å². The molecule has 0 bridgehead atoms. The van der Waals surface area contributed by atoms with E-state index in [1.807, 2.05) is 37.3 Å². The van der Waals surface area contributed by atoms with Gasteiger partial charge in [0, 0.05) is 10.4 Å². The van der Waals surface area contributed by atoms with Crippen molar-refractivity contribution in [2.24, 2.45) is 5.10 Å². The summed E-state index contributed by atoms with van der Waals surface area (Å²) in [7, 11) is -3.86. The van der Waals surface area contributed by atoms with E-state index in [0.717, 1.165) is 21.7 Å². The van der Waals surface area contributed by atoms with Crippen molar-refractivity contribution < 1.29 is 12.6 Å². The first kappa shape index (κ1) is 20.8. The van der Waals surface area contributed by atoms with Crippen LogP contribution in [-0.4, -0.2) is 19.6 Å². The van der Waals surface area contributed by atoms with Crippen molar-refractivity contribution in [2.75, 3.05) is 5.43 Å². The minimum Gasteiger partial charge on any atom is -0.379 e. The summed E-state index contributed by atoms with van der Waals surface area (Å²) in [6, 6.07) is 24.6. The molecule has 0 spiro atoms. The number of hydrogen-bond acceptors (Lipinski definition) is 7. The van der Waals surface area contributed by atoms with Crippen molar-refractivity contribution in [3.05, 3.63) is 95.4 Å². The van der Waals surface area contributed by atoms with E-state index in [-0.39, 0.29) is 10.6 Å². The summed E-state index contributed by atoms with van der Waals surface area (Å²) in [5.41, 5.74) is 5.73. The molecule has 0 aliphatic rings. The van der Waals surface area contributed by atoms with Gasteiger partial charge in [-0.2, -0.15) is 13.5 Å². The van der Waals surface area contributed by atoms with Crippen molar-refractivity contribution >= 4 is 32.8 Å². The van der Waals surface area contributed by atoms with E-state index in [2.05, 4.69) is 15.5 Å². The molecule has 0 radical (unpaired) electrons. The van der Waals surface area contributed by atoms with E-state index in [0.29, 0.717) is 5.13 Å². The largest absolute Gasteiger partial charge is 0.379 e. The lowest BCUT2D eigenvalue weighted by Crippen LogP contribution is -2.09. The predicted molar refractivity (Wildman–Crippen MR) is 124 cm³/mol. The molecule has 0 aliphatic heterocycles. The predicted octanol–water partition coefficient (Wildman–Crippen LogP) is 5.33. The van der Waals surface area contributed by atoms with Crippen LogP contribution in [0.1, 0.15) is 10.4 Å². The highest BCUT2D eigenvalue weighted by Crippen LogP contribution is 2.30. The maximum Gasteiger partial charge on any atom is 0.339 e. The summed E-state index contributed by atoms with van der Waals surface area (Å²) in [6.07, 6.45) is 1.63. The molecule has 4 aromatic rings. The normalized spacial score (nSPS) is 11.5. The topological polar surface area (TPSA) is 80.7 Å². The summed E-state index contributed by atoms with van der Waals surface area (Å²) in [6.45, 7) is 2.02. The van der Waals surface area contributed by atoms with E-state index < -0.39 is 10.1 Å². The smallest absolute Gasteiger partial charge is 0.339 e. The number of benzene rings is 3. The Morgan fingerprint density at radius 1 is 0.935 bits per heavy atom. The number of aryl methyl sites for hydroxylation is 1. The second-order valence-corrected chi connectivity index (χ2v) is 9.33. The van der Waals surface area contributed by atoms with Crippen molar-refractivity contribution in [2.45, 2.75) is 11.8 Å². The van der Waals surface area contributed by atoms with Gasteiger partial charge < -0.3 is 4.18 Å². The van der Waals surface area contributed by atoms with Crippen LogP contribution in [-0.2, 0) is 10.1 Å². The summed E-state index contributed by atoms with van der Waals surface area (Å²) < 4.78 is 29.7. The van der Waals surface area contributed by atoms with Crippen LogP contribution in [0.15, 0.2) is 94.9 Å². The molecule has 6 nitrogen and oxygen atoms in total. The number of rotatable bonds is 7. The number of nitrogens with one attached hydrogen (secondary N) is 1. The van der Waals surface area contributed by atoms with Crippen LogP contribution < -0.4 is 9.61 Å². The molecule has 1 N–H and O–H groups in total. The number of thiazole rings is 1. The average Bonchev–Trinajstić information content (AvgIpc) is 3.16. The highest BCUT2D eigenvalue weighted by Gasteiger charge is 2.15. The SMILES string of the molecule is Cc1sc(N/N=C/c2ccc(OS(=O)(=O)c3ccccc3)cc2)nc1-c1ccccc1. The minimum absolute atomic E-state index is 0.110.